The monoisotopic (exact) mass is 446 g/mol. The van der Waals surface area contributed by atoms with E-state index in [1.54, 1.807) is 6.07 Å². The number of aromatic hydroxyl groups is 1. The number of ketones is 3. The van der Waals surface area contributed by atoms with Crippen molar-refractivity contribution in [1.82, 2.24) is 0 Å². The van der Waals surface area contributed by atoms with Crippen LogP contribution < -0.4 is 0 Å². The molecule has 7 heteroatoms. The summed E-state index contributed by atoms with van der Waals surface area (Å²) in [6.45, 7) is 1.08. The Morgan fingerprint density at radius 3 is 2.36 bits per heavy atom. The number of allylic oxidation sites excluding steroid dienone is 1. The first kappa shape index (κ1) is 21.2. The number of carbonyl (C=O) groups excluding carboxylic acids is 3. The van der Waals surface area contributed by atoms with Crippen molar-refractivity contribution in [3.05, 3.63) is 70.5 Å². The van der Waals surface area contributed by atoms with Gasteiger partial charge in [-0.1, -0.05) is 36.4 Å². The van der Waals surface area contributed by atoms with Crippen LogP contribution in [0, 0.1) is 11.8 Å². The van der Waals surface area contributed by atoms with Crippen molar-refractivity contribution in [3.63, 3.8) is 0 Å². The van der Waals surface area contributed by atoms with Gasteiger partial charge in [-0.15, -0.1) is 0 Å². The minimum absolute atomic E-state index is 0.106. The molecule has 0 heterocycles. The molecule has 1 saturated carbocycles. The van der Waals surface area contributed by atoms with Gasteiger partial charge in [0, 0.05) is 17.9 Å². The zero-order chi connectivity index (χ0) is 23.7. The first-order chi connectivity index (χ1) is 15.7. The second-order valence-electron chi connectivity index (χ2n) is 8.95. The molecule has 3 aliphatic rings. The number of rotatable bonds is 2. The van der Waals surface area contributed by atoms with Crippen LogP contribution in [0.4, 0.5) is 0 Å². The third kappa shape index (κ3) is 2.82. The van der Waals surface area contributed by atoms with Gasteiger partial charge in [0.15, 0.2) is 17.2 Å². The van der Waals surface area contributed by atoms with Gasteiger partial charge in [0.05, 0.1) is 5.56 Å². The van der Waals surface area contributed by atoms with Crippen molar-refractivity contribution in [1.29, 1.82) is 0 Å². The van der Waals surface area contributed by atoms with E-state index in [2.05, 4.69) is 0 Å². The Bertz CT molecular complexity index is 1300. The average Bonchev–Trinajstić information content (AvgIpc) is 2.76. The zero-order valence-corrected chi connectivity index (χ0v) is 17.8. The maximum absolute atomic E-state index is 13.5. The molecule has 3 unspecified atom stereocenters. The van der Waals surface area contributed by atoms with Crippen LogP contribution in [0.1, 0.15) is 30.9 Å². The van der Waals surface area contributed by atoms with Gasteiger partial charge in [0.1, 0.15) is 22.8 Å². The summed E-state index contributed by atoms with van der Waals surface area (Å²) in [6.07, 6.45) is 0.181. The van der Waals surface area contributed by atoms with Crippen molar-refractivity contribution in [2.45, 2.75) is 31.8 Å². The summed E-state index contributed by atoms with van der Waals surface area (Å²) in [5.41, 5.74) is -0.709. The topological polar surface area (TPSA) is 132 Å². The van der Waals surface area contributed by atoms with Crippen LogP contribution in [-0.2, 0) is 20.8 Å². The Labute approximate surface area is 189 Å². The molecule has 3 aliphatic carbocycles. The molecule has 5 rings (SSSR count). The summed E-state index contributed by atoms with van der Waals surface area (Å²) in [7, 11) is 0. The first-order valence-electron chi connectivity index (χ1n) is 10.7. The molecule has 2 aromatic carbocycles. The van der Waals surface area contributed by atoms with Crippen molar-refractivity contribution in [2.75, 3.05) is 0 Å². The number of benzene rings is 2. The maximum Gasteiger partial charge on any atom is 0.202 e. The van der Waals surface area contributed by atoms with Gasteiger partial charge in [0.25, 0.3) is 0 Å². The highest BCUT2D eigenvalue weighted by Gasteiger charge is 2.60. The fraction of sp³-hybridized carbons (Fsp3) is 0.269. The number of fused-ring (bicyclic) bond motifs is 3. The molecule has 33 heavy (non-hydrogen) atoms. The molecule has 1 fully saturated rings. The van der Waals surface area contributed by atoms with E-state index in [0.29, 0.717) is 12.0 Å². The van der Waals surface area contributed by atoms with E-state index < -0.39 is 51.9 Å². The van der Waals surface area contributed by atoms with E-state index in [0.717, 1.165) is 18.1 Å². The number of hydrogen-bond acceptors (Lipinski definition) is 7. The van der Waals surface area contributed by atoms with Gasteiger partial charge in [-0.25, -0.2) is 0 Å². The Kier molecular flexibility index (Phi) is 4.58. The van der Waals surface area contributed by atoms with Crippen LogP contribution in [-0.4, -0.2) is 43.4 Å². The number of aliphatic hydroxyl groups is 3. The lowest BCUT2D eigenvalue weighted by atomic mass is 9.59. The smallest absolute Gasteiger partial charge is 0.202 e. The normalized spacial score (nSPS) is 26.6. The van der Waals surface area contributed by atoms with E-state index >= 15 is 0 Å². The largest absolute Gasteiger partial charge is 0.508 e. The Morgan fingerprint density at radius 1 is 1.00 bits per heavy atom. The summed E-state index contributed by atoms with van der Waals surface area (Å²) in [5.74, 6) is -5.37. The fourth-order valence-electron chi connectivity index (χ4n) is 5.62. The minimum atomic E-state index is -2.47. The van der Waals surface area contributed by atoms with Crippen LogP contribution in [0.2, 0.25) is 0 Å². The third-order valence-electron chi connectivity index (χ3n) is 7.14. The van der Waals surface area contributed by atoms with E-state index in [-0.39, 0.29) is 29.7 Å². The fourth-order valence-corrected chi connectivity index (χ4v) is 5.62. The van der Waals surface area contributed by atoms with Crippen LogP contribution in [0.3, 0.4) is 0 Å². The highest BCUT2D eigenvalue weighted by molar-refractivity contribution is 6.23. The van der Waals surface area contributed by atoms with Crippen molar-refractivity contribution in [2.24, 2.45) is 11.8 Å². The number of carbonyl (C=O) groups is 3. The second kappa shape index (κ2) is 7.15. The van der Waals surface area contributed by atoms with Crippen LogP contribution in [0.25, 0.3) is 16.9 Å². The SMILES string of the molecule is CC(=O)C1=C(O)C2(O)C(=O)C3=C(O)c4c(O)ccc(-c5ccccc5)c4CC3CC2CC1=O. The van der Waals surface area contributed by atoms with Gasteiger partial charge in [-0.05, 0) is 48.4 Å². The second-order valence-corrected chi connectivity index (χ2v) is 8.95. The molecule has 0 aromatic heterocycles. The Balaban J connectivity index is 1.72. The number of hydrogen-bond donors (Lipinski definition) is 4. The van der Waals surface area contributed by atoms with E-state index in [4.69, 9.17) is 0 Å². The molecule has 2 aromatic rings. The first-order valence-corrected chi connectivity index (χ1v) is 10.7. The van der Waals surface area contributed by atoms with E-state index in [1.807, 2.05) is 30.3 Å². The summed E-state index contributed by atoms with van der Waals surface area (Å²) >= 11 is 0. The summed E-state index contributed by atoms with van der Waals surface area (Å²) in [4.78, 5) is 37.9. The molecule has 168 valence electrons. The predicted octanol–water partition coefficient (Wildman–Crippen LogP) is 3.19. The lowest BCUT2D eigenvalue weighted by Crippen LogP contribution is -2.57. The lowest BCUT2D eigenvalue weighted by Gasteiger charge is -2.46. The minimum Gasteiger partial charge on any atom is -0.508 e. The lowest BCUT2D eigenvalue weighted by molar-refractivity contribution is -0.147. The van der Waals surface area contributed by atoms with Gasteiger partial charge in [-0.3, -0.25) is 14.4 Å². The van der Waals surface area contributed by atoms with Crippen LogP contribution in [0.5, 0.6) is 5.75 Å². The molecule has 7 nitrogen and oxygen atoms in total. The highest BCUT2D eigenvalue weighted by atomic mass is 16.3. The average molecular weight is 446 g/mol. The van der Waals surface area contributed by atoms with Crippen molar-refractivity contribution in [3.8, 4) is 16.9 Å². The van der Waals surface area contributed by atoms with Crippen LogP contribution >= 0.6 is 0 Å². The predicted molar refractivity (Wildman–Crippen MR) is 118 cm³/mol. The molecular formula is C26H22O7. The van der Waals surface area contributed by atoms with Gasteiger partial charge in [-0.2, -0.15) is 0 Å². The Hall–Kier alpha value is -3.71. The van der Waals surface area contributed by atoms with Gasteiger partial charge in [0.2, 0.25) is 5.78 Å². The zero-order valence-electron chi connectivity index (χ0n) is 17.8. The molecule has 0 amide bonds. The third-order valence-corrected chi connectivity index (χ3v) is 7.14. The standard InChI is InChI=1S/C26H22O7/c1-12(27)20-19(29)11-15-9-14-10-17-16(13-5-3-2-4-6-13)7-8-18(28)22(17)23(30)21(14)25(32)26(15,33)24(20)31/h2-8,14-15,28,30-31,33H,9-11H2,1H3. The maximum atomic E-state index is 13.5. The number of phenols is 1. The van der Waals surface area contributed by atoms with Gasteiger partial charge < -0.3 is 20.4 Å². The number of Topliss-reactive ketones (excluding diaryl/α,β-unsaturated/α-hetero) is 3. The molecule has 0 spiro atoms. The number of aliphatic hydroxyl groups excluding tert-OH is 2. The van der Waals surface area contributed by atoms with E-state index in [1.165, 1.54) is 6.07 Å². The van der Waals surface area contributed by atoms with Gasteiger partial charge >= 0.3 is 0 Å². The molecule has 0 aliphatic heterocycles. The van der Waals surface area contributed by atoms with E-state index in [9.17, 15) is 34.8 Å². The molecular weight excluding hydrogens is 424 g/mol. The molecule has 3 atom stereocenters. The quantitative estimate of drug-likeness (QED) is 0.521. The van der Waals surface area contributed by atoms with Crippen molar-refractivity contribution >= 4 is 23.1 Å². The summed E-state index contributed by atoms with van der Waals surface area (Å²) in [6, 6.07) is 12.6. The molecule has 0 radical (unpaired) electrons. The Morgan fingerprint density at radius 2 is 1.70 bits per heavy atom. The molecule has 0 bridgehead atoms. The molecule has 4 N–H and O–H groups in total. The number of phenolic OH excluding ortho intramolecular Hbond substituents is 1. The summed E-state index contributed by atoms with van der Waals surface area (Å²) in [5, 5.41) is 43.7. The molecule has 0 saturated heterocycles. The highest BCUT2D eigenvalue weighted by Crippen LogP contribution is 2.53. The summed E-state index contributed by atoms with van der Waals surface area (Å²) < 4.78 is 0. The van der Waals surface area contributed by atoms with Crippen LogP contribution in [0.15, 0.2) is 59.4 Å². The van der Waals surface area contributed by atoms with Crippen molar-refractivity contribution < 1.29 is 34.8 Å².